The molecular weight excluding hydrogens is 218 g/mol. The molecule has 3 nitrogen and oxygen atoms in total. The van der Waals surface area contributed by atoms with E-state index in [4.69, 9.17) is 5.73 Å². The van der Waals surface area contributed by atoms with E-state index in [1.807, 2.05) is 24.4 Å². The van der Waals surface area contributed by atoms with Crippen LogP contribution in [0.2, 0.25) is 0 Å². The normalized spacial score (nSPS) is 10.2. The van der Waals surface area contributed by atoms with Gasteiger partial charge in [-0.3, -0.25) is 4.98 Å². The lowest BCUT2D eigenvalue weighted by atomic mass is 10.2. The van der Waals surface area contributed by atoms with E-state index >= 15 is 0 Å². The van der Waals surface area contributed by atoms with Crippen molar-refractivity contribution in [3.63, 3.8) is 0 Å². The highest BCUT2D eigenvalue weighted by Gasteiger charge is 2.00. The Morgan fingerprint density at radius 3 is 2.81 bits per heavy atom. The maximum absolute atomic E-state index is 5.80. The first-order valence-electron chi connectivity index (χ1n) is 5.08. The zero-order chi connectivity index (χ0) is 11.2. The zero-order valence-corrected chi connectivity index (χ0v) is 9.65. The number of thioether (sulfide) groups is 1. The number of nitrogens with two attached hydrogens (primary N) is 1. The van der Waals surface area contributed by atoms with E-state index in [0.717, 1.165) is 22.9 Å². The number of aryl methyl sites for hydroxylation is 1. The molecule has 0 atom stereocenters. The Morgan fingerprint density at radius 1 is 1.19 bits per heavy atom. The number of hydrogen-bond acceptors (Lipinski definition) is 4. The molecule has 4 heteroatoms. The van der Waals surface area contributed by atoms with Crippen LogP contribution >= 0.6 is 11.8 Å². The molecule has 0 bridgehead atoms. The first kappa shape index (κ1) is 11.0. The van der Waals surface area contributed by atoms with Crippen LogP contribution in [0.15, 0.2) is 47.9 Å². The molecule has 0 radical (unpaired) electrons. The minimum Gasteiger partial charge on any atom is -0.397 e. The Balaban J connectivity index is 1.87. The Morgan fingerprint density at radius 2 is 2.06 bits per heavy atom. The molecule has 0 amide bonds. The van der Waals surface area contributed by atoms with Crippen molar-refractivity contribution in [2.75, 3.05) is 11.5 Å². The van der Waals surface area contributed by atoms with Gasteiger partial charge in [0.15, 0.2) is 0 Å². The van der Waals surface area contributed by atoms with Gasteiger partial charge in [-0.25, -0.2) is 4.98 Å². The fraction of sp³-hybridized carbons (Fsp3) is 0.167. The molecule has 2 N–H and O–H groups in total. The summed E-state index contributed by atoms with van der Waals surface area (Å²) in [5.74, 6) is 0.965. The Hall–Kier alpha value is -1.55. The largest absolute Gasteiger partial charge is 0.397 e. The third-order valence-corrected chi connectivity index (χ3v) is 3.18. The van der Waals surface area contributed by atoms with E-state index in [0.29, 0.717) is 0 Å². The lowest BCUT2D eigenvalue weighted by molar-refractivity contribution is 1.10. The molecule has 2 rings (SSSR count). The highest BCUT2D eigenvalue weighted by Crippen LogP contribution is 2.22. The summed E-state index contributed by atoms with van der Waals surface area (Å²) in [6, 6.07) is 7.75. The van der Waals surface area contributed by atoms with Gasteiger partial charge in [0.05, 0.1) is 5.69 Å². The molecule has 0 aliphatic carbocycles. The first-order valence-corrected chi connectivity index (χ1v) is 6.07. The van der Waals surface area contributed by atoms with Crippen LogP contribution in [0.3, 0.4) is 0 Å². The lowest BCUT2D eigenvalue weighted by Crippen LogP contribution is -1.94. The van der Waals surface area contributed by atoms with E-state index in [-0.39, 0.29) is 0 Å². The molecular formula is C12H13N3S. The number of nitrogen functional groups attached to an aromatic ring is 1. The summed E-state index contributed by atoms with van der Waals surface area (Å²) in [7, 11) is 0. The molecule has 82 valence electrons. The summed E-state index contributed by atoms with van der Waals surface area (Å²) in [6.07, 6.45) is 6.42. The second-order valence-electron chi connectivity index (χ2n) is 3.36. The molecule has 0 spiro atoms. The summed E-state index contributed by atoms with van der Waals surface area (Å²) in [4.78, 5) is 8.31. The van der Waals surface area contributed by atoms with Gasteiger partial charge in [0.2, 0.25) is 0 Å². The van der Waals surface area contributed by atoms with Crippen molar-refractivity contribution >= 4 is 17.4 Å². The van der Waals surface area contributed by atoms with Crippen molar-refractivity contribution in [3.8, 4) is 0 Å². The molecule has 2 aromatic rings. The van der Waals surface area contributed by atoms with E-state index in [1.165, 1.54) is 5.56 Å². The number of nitrogens with zero attached hydrogens (tertiary/aromatic N) is 2. The van der Waals surface area contributed by atoms with Crippen LogP contribution in [0, 0.1) is 0 Å². The van der Waals surface area contributed by atoms with E-state index < -0.39 is 0 Å². The van der Waals surface area contributed by atoms with Crippen LogP contribution in [-0.2, 0) is 6.42 Å². The number of hydrogen-bond donors (Lipinski definition) is 1. The van der Waals surface area contributed by atoms with Crippen LogP contribution in [0.1, 0.15) is 5.56 Å². The third kappa shape index (κ3) is 2.97. The van der Waals surface area contributed by atoms with Gasteiger partial charge in [-0.1, -0.05) is 6.07 Å². The van der Waals surface area contributed by atoms with Gasteiger partial charge >= 0.3 is 0 Å². The Labute approximate surface area is 99.1 Å². The maximum atomic E-state index is 5.80. The second kappa shape index (κ2) is 5.51. The molecule has 0 unspecified atom stereocenters. The standard InChI is InChI=1S/C12H13N3S/c13-11-4-2-7-15-12(11)16-8-5-10-3-1-6-14-9-10/h1-4,6-7,9H,5,8,13H2. The number of anilines is 1. The number of pyridine rings is 2. The molecule has 0 fully saturated rings. The molecule has 2 aromatic heterocycles. The number of aromatic nitrogens is 2. The predicted octanol–water partition coefficient (Wildman–Crippen LogP) is 2.39. The van der Waals surface area contributed by atoms with Gasteiger partial charge in [0, 0.05) is 24.3 Å². The predicted molar refractivity (Wildman–Crippen MR) is 67.3 cm³/mol. The van der Waals surface area contributed by atoms with E-state index in [1.54, 1.807) is 24.2 Å². The minimum atomic E-state index is 0.749. The van der Waals surface area contributed by atoms with Crippen molar-refractivity contribution in [1.29, 1.82) is 0 Å². The smallest absolute Gasteiger partial charge is 0.119 e. The Kier molecular flexibility index (Phi) is 3.77. The van der Waals surface area contributed by atoms with E-state index in [2.05, 4.69) is 16.0 Å². The molecule has 0 aliphatic rings. The van der Waals surface area contributed by atoms with Crippen LogP contribution < -0.4 is 5.73 Å². The zero-order valence-electron chi connectivity index (χ0n) is 8.84. The fourth-order valence-electron chi connectivity index (χ4n) is 1.34. The van der Waals surface area contributed by atoms with Crippen molar-refractivity contribution in [2.24, 2.45) is 0 Å². The third-order valence-electron chi connectivity index (χ3n) is 2.15. The lowest BCUT2D eigenvalue weighted by Gasteiger charge is -2.03. The minimum absolute atomic E-state index is 0.749. The first-order chi connectivity index (χ1) is 7.86. The monoisotopic (exact) mass is 231 g/mol. The van der Waals surface area contributed by atoms with Crippen molar-refractivity contribution in [2.45, 2.75) is 11.4 Å². The molecule has 0 saturated carbocycles. The average molecular weight is 231 g/mol. The maximum Gasteiger partial charge on any atom is 0.119 e. The SMILES string of the molecule is Nc1cccnc1SCCc1cccnc1. The van der Waals surface area contributed by atoms with Gasteiger partial charge in [-0.15, -0.1) is 11.8 Å². The van der Waals surface area contributed by atoms with E-state index in [9.17, 15) is 0 Å². The summed E-state index contributed by atoms with van der Waals surface area (Å²) in [5, 5.41) is 0.909. The average Bonchev–Trinajstić information content (AvgIpc) is 2.33. The van der Waals surface area contributed by atoms with Crippen LogP contribution in [0.5, 0.6) is 0 Å². The van der Waals surface area contributed by atoms with Crippen LogP contribution in [-0.4, -0.2) is 15.7 Å². The number of rotatable bonds is 4. The van der Waals surface area contributed by atoms with Gasteiger partial charge < -0.3 is 5.73 Å². The van der Waals surface area contributed by atoms with Crippen molar-refractivity contribution < 1.29 is 0 Å². The molecule has 0 saturated heterocycles. The Bertz CT molecular complexity index is 445. The molecule has 0 aliphatic heterocycles. The van der Waals surface area contributed by atoms with Gasteiger partial charge in [-0.2, -0.15) is 0 Å². The highest BCUT2D eigenvalue weighted by atomic mass is 32.2. The highest BCUT2D eigenvalue weighted by molar-refractivity contribution is 7.99. The van der Waals surface area contributed by atoms with Gasteiger partial charge in [-0.05, 0) is 30.2 Å². The fourth-order valence-corrected chi connectivity index (χ4v) is 2.24. The summed E-state index contributed by atoms with van der Waals surface area (Å²) in [5.41, 5.74) is 7.79. The van der Waals surface area contributed by atoms with Crippen LogP contribution in [0.25, 0.3) is 0 Å². The van der Waals surface area contributed by atoms with Gasteiger partial charge in [0.25, 0.3) is 0 Å². The van der Waals surface area contributed by atoms with Crippen LogP contribution in [0.4, 0.5) is 5.69 Å². The second-order valence-corrected chi connectivity index (χ2v) is 4.44. The molecule has 2 heterocycles. The molecule has 16 heavy (non-hydrogen) atoms. The summed E-state index contributed by atoms with van der Waals surface area (Å²) < 4.78 is 0. The van der Waals surface area contributed by atoms with Crippen molar-refractivity contribution in [1.82, 2.24) is 9.97 Å². The topological polar surface area (TPSA) is 51.8 Å². The summed E-state index contributed by atoms with van der Waals surface area (Å²) in [6.45, 7) is 0. The molecule has 0 aromatic carbocycles. The van der Waals surface area contributed by atoms with Crippen molar-refractivity contribution in [3.05, 3.63) is 48.4 Å². The van der Waals surface area contributed by atoms with Gasteiger partial charge in [0.1, 0.15) is 5.03 Å². The summed E-state index contributed by atoms with van der Waals surface area (Å²) >= 11 is 1.68. The quantitative estimate of drug-likeness (QED) is 0.821.